The Morgan fingerprint density at radius 1 is 1.50 bits per heavy atom. The van der Waals surface area contributed by atoms with Gasteiger partial charge < -0.3 is 31.1 Å². The van der Waals surface area contributed by atoms with E-state index in [9.17, 15) is 10.2 Å². The molecule has 1 aliphatic carbocycles. The molecule has 1 fully saturated rings. The standard InChI is InChI=1S/C14H23ClN4O4S/c1-2-5-24-14-18-12(15)9(16)13(19-14)17-7-6-8(23-4-3-20)11(22)10(7)21/h7-8,10-11,20-22H,2-6,16H2,1H3,(H,17,18,19)/t7-,8+,10+,11-/m1/s1/i1D3,2D2,5D2. The smallest absolute Gasteiger partial charge is 0.191 e. The summed E-state index contributed by atoms with van der Waals surface area (Å²) in [5.74, 6) is -0.119. The Bertz CT molecular complexity index is 792. The average Bonchev–Trinajstić information content (AvgIpc) is 2.90. The molecule has 8 nitrogen and oxygen atoms in total. The molecule has 1 aromatic rings. The van der Waals surface area contributed by atoms with E-state index in [4.69, 9.17) is 36.8 Å². The van der Waals surface area contributed by atoms with E-state index in [1.54, 1.807) is 0 Å². The van der Waals surface area contributed by atoms with Crippen LogP contribution in [0.5, 0.6) is 0 Å². The van der Waals surface area contributed by atoms with Crippen molar-refractivity contribution in [1.29, 1.82) is 0 Å². The second-order valence-corrected chi connectivity index (χ2v) is 6.12. The molecule has 0 saturated heterocycles. The Morgan fingerprint density at radius 3 is 3.00 bits per heavy atom. The number of thioether (sulfide) groups is 1. The molecule has 1 aromatic heterocycles. The molecule has 0 aliphatic heterocycles. The van der Waals surface area contributed by atoms with Gasteiger partial charge in [-0.25, -0.2) is 9.97 Å². The van der Waals surface area contributed by atoms with E-state index in [2.05, 4.69) is 15.3 Å². The fourth-order valence-corrected chi connectivity index (χ4v) is 2.96. The minimum Gasteiger partial charge on any atom is -0.394 e. The van der Waals surface area contributed by atoms with Gasteiger partial charge in [-0.2, -0.15) is 0 Å². The van der Waals surface area contributed by atoms with Crippen molar-refractivity contribution < 1.29 is 29.7 Å². The van der Waals surface area contributed by atoms with Gasteiger partial charge in [0.05, 0.1) is 25.4 Å². The summed E-state index contributed by atoms with van der Waals surface area (Å²) in [4.78, 5) is 7.77. The lowest BCUT2D eigenvalue weighted by molar-refractivity contribution is -0.0612. The monoisotopic (exact) mass is 385 g/mol. The van der Waals surface area contributed by atoms with E-state index in [0.29, 0.717) is 0 Å². The van der Waals surface area contributed by atoms with Gasteiger partial charge in [-0.15, -0.1) is 0 Å². The SMILES string of the molecule is [2H]C([2H])([2H])C([2H])([2H])C([2H])([2H])Sc1nc(Cl)c(N)c(N[C@@H]2C[C@H](OCCO)[C@@H](O)[C@H]2O)n1. The van der Waals surface area contributed by atoms with Crippen molar-refractivity contribution >= 4 is 34.9 Å². The van der Waals surface area contributed by atoms with Crippen LogP contribution in [0.1, 0.15) is 29.2 Å². The van der Waals surface area contributed by atoms with E-state index >= 15 is 0 Å². The maximum Gasteiger partial charge on any atom is 0.191 e. The number of ether oxygens (including phenoxy) is 1. The third-order valence-corrected chi connectivity index (χ3v) is 4.30. The molecule has 1 aliphatic rings. The maximum atomic E-state index is 10.3. The molecule has 0 bridgehead atoms. The van der Waals surface area contributed by atoms with Crippen LogP contribution in [0.25, 0.3) is 0 Å². The maximum absolute atomic E-state index is 10.3. The van der Waals surface area contributed by atoms with Crippen LogP contribution in [0.2, 0.25) is 5.15 Å². The zero-order valence-electron chi connectivity index (χ0n) is 19.4. The van der Waals surface area contributed by atoms with Gasteiger partial charge >= 0.3 is 0 Å². The van der Waals surface area contributed by atoms with Crippen LogP contribution in [0, 0.1) is 0 Å². The Morgan fingerprint density at radius 2 is 2.29 bits per heavy atom. The summed E-state index contributed by atoms with van der Waals surface area (Å²) in [7, 11) is 0. The minimum atomic E-state index is -3.25. The molecular formula is C14H23ClN4O4S. The molecule has 136 valence electrons. The molecule has 1 heterocycles. The van der Waals surface area contributed by atoms with Crippen molar-refractivity contribution in [3.8, 4) is 0 Å². The number of nitrogen functional groups attached to an aromatic ring is 1. The van der Waals surface area contributed by atoms with Gasteiger partial charge in [-0.3, -0.25) is 0 Å². The van der Waals surface area contributed by atoms with Crippen LogP contribution in [0.4, 0.5) is 11.5 Å². The number of nitrogens with zero attached hydrogens (tertiary/aromatic N) is 2. The van der Waals surface area contributed by atoms with Crippen LogP contribution in [0.15, 0.2) is 5.16 Å². The van der Waals surface area contributed by atoms with E-state index in [-0.39, 0.29) is 53.2 Å². The molecule has 4 atom stereocenters. The van der Waals surface area contributed by atoms with Crippen molar-refractivity contribution in [3.63, 3.8) is 0 Å². The van der Waals surface area contributed by atoms with Gasteiger partial charge in [0.1, 0.15) is 17.9 Å². The second kappa shape index (κ2) is 9.02. The summed E-state index contributed by atoms with van der Waals surface area (Å²) in [5.41, 5.74) is 2.74. The number of hydrogen-bond acceptors (Lipinski definition) is 9. The zero-order valence-corrected chi connectivity index (χ0v) is 14.0. The summed E-state index contributed by atoms with van der Waals surface area (Å²) in [5, 5.41) is 31.3. The first-order chi connectivity index (χ1) is 14.1. The number of nitrogens with one attached hydrogen (secondary N) is 1. The number of halogens is 1. The van der Waals surface area contributed by atoms with Gasteiger partial charge in [0.2, 0.25) is 0 Å². The first-order valence-corrected chi connectivity index (χ1v) is 8.19. The summed E-state index contributed by atoms with van der Waals surface area (Å²) in [6, 6.07) is -0.796. The van der Waals surface area contributed by atoms with E-state index in [0.717, 1.165) is 0 Å². The van der Waals surface area contributed by atoms with Crippen LogP contribution in [0.3, 0.4) is 0 Å². The van der Waals surface area contributed by atoms with Gasteiger partial charge in [0.25, 0.3) is 0 Å². The minimum absolute atomic E-state index is 0.0377. The molecular weight excluding hydrogens is 356 g/mol. The van der Waals surface area contributed by atoms with Gasteiger partial charge in [0, 0.05) is 15.3 Å². The van der Waals surface area contributed by atoms with E-state index in [1.165, 1.54) is 0 Å². The highest BCUT2D eigenvalue weighted by Crippen LogP contribution is 2.31. The molecule has 0 amide bonds. The number of hydrogen-bond donors (Lipinski definition) is 5. The third-order valence-electron chi connectivity index (χ3n) is 3.45. The number of aliphatic hydroxyl groups is 3. The zero-order chi connectivity index (χ0) is 23.8. The van der Waals surface area contributed by atoms with Crippen LogP contribution >= 0.6 is 23.4 Å². The fourth-order valence-electron chi connectivity index (χ4n) is 2.33. The lowest BCUT2D eigenvalue weighted by Crippen LogP contribution is -2.36. The fraction of sp³-hybridized carbons (Fsp3) is 0.714. The number of aromatic nitrogens is 2. The molecule has 2 rings (SSSR count). The molecule has 0 aromatic carbocycles. The van der Waals surface area contributed by atoms with Crippen molar-refractivity contribution in [3.05, 3.63) is 5.15 Å². The largest absolute Gasteiger partial charge is 0.394 e. The van der Waals surface area contributed by atoms with E-state index < -0.39 is 43.3 Å². The molecule has 0 radical (unpaired) electrons. The lowest BCUT2D eigenvalue weighted by atomic mass is 10.2. The summed E-state index contributed by atoms with van der Waals surface area (Å²) >= 11 is 6.10. The topological polar surface area (TPSA) is 134 Å². The highest BCUT2D eigenvalue weighted by molar-refractivity contribution is 7.99. The van der Waals surface area contributed by atoms with Crippen molar-refractivity contribution in [1.82, 2.24) is 9.97 Å². The Labute approximate surface area is 159 Å². The third kappa shape index (κ3) is 4.62. The Kier molecular flexibility index (Phi) is 4.40. The average molecular weight is 386 g/mol. The van der Waals surface area contributed by atoms with Crippen LogP contribution in [-0.4, -0.2) is 68.6 Å². The number of rotatable bonds is 8. The number of nitrogens with two attached hydrogens (primary N) is 1. The lowest BCUT2D eigenvalue weighted by Gasteiger charge is -2.19. The molecule has 0 unspecified atom stereocenters. The summed E-state index contributed by atoms with van der Waals surface area (Å²) in [6.07, 6.45) is -6.43. The first-order valence-electron chi connectivity index (χ1n) is 10.5. The highest BCUT2D eigenvalue weighted by atomic mass is 35.5. The summed E-state index contributed by atoms with van der Waals surface area (Å²) < 4.78 is 58.2. The first kappa shape index (κ1) is 11.7. The molecule has 1 saturated carbocycles. The predicted molar refractivity (Wildman–Crippen MR) is 93.3 cm³/mol. The van der Waals surface area contributed by atoms with Crippen molar-refractivity contribution in [2.75, 3.05) is 30.0 Å². The Balaban J connectivity index is 2.26. The van der Waals surface area contributed by atoms with Crippen molar-refractivity contribution in [2.24, 2.45) is 0 Å². The molecule has 6 N–H and O–H groups in total. The number of anilines is 2. The van der Waals surface area contributed by atoms with Crippen LogP contribution < -0.4 is 11.1 Å². The van der Waals surface area contributed by atoms with Crippen LogP contribution in [-0.2, 0) is 4.74 Å². The Hall–Kier alpha value is -0.840. The highest BCUT2D eigenvalue weighted by Gasteiger charge is 2.42. The number of aliphatic hydroxyl groups excluding tert-OH is 3. The molecule has 10 heteroatoms. The van der Waals surface area contributed by atoms with Gasteiger partial charge in [0.15, 0.2) is 16.1 Å². The summed E-state index contributed by atoms with van der Waals surface area (Å²) in [6.45, 7) is -3.56. The molecule has 24 heavy (non-hydrogen) atoms. The van der Waals surface area contributed by atoms with E-state index in [1.807, 2.05) is 0 Å². The second-order valence-electron chi connectivity index (χ2n) is 4.99. The quantitative estimate of drug-likeness (QED) is 0.246. The normalized spacial score (nSPS) is 32.8. The predicted octanol–water partition coefficient (Wildman–Crippen LogP) is 0.498. The van der Waals surface area contributed by atoms with Gasteiger partial charge in [-0.1, -0.05) is 30.2 Å². The van der Waals surface area contributed by atoms with Gasteiger partial charge in [-0.05, 0) is 12.8 Å². The molecule has 0 spiro atoms. The van der Waals surface area contributed by atoms with Crippen molar-refractivity contribution in [2.45, 2.75) is 49.2 Å².